The van der Waals surface area contributed by atoms with Crippen molar-refractivity contribution in [2.75, 3.05) is 0 Å². The molecule has 1 aromatic rings. The summed E-state index contributed by atoms with van der Waals surface area (Å²) in [6.07, 6.45) is 3.53. The fourth-order valence-electron chi connectivity index (χ4n) is 2.03. The number of hydrogen-bond acceptors (Lipinski definition) is 2. The first-order valence-electron chi connectivity index (χ1n) is 7.06. The molecular formula is C16H27ClN2O. The monoisotopic (exact) mass is 298 g/mol. The van der Waals surface area contributed by atoms with E-state index in [0.717, 1.165) is 25.7 Å². The van der Waals surface area contributed by atoms with Crippen molar-refractivity contribution >= 4 is 18.3 Å². The summed E-state index contributed by atoms with van der Waals surface area (Å²) in [6.45, 7) is 6.13. The Balaban J connectivity index is 0.00000361. The largest absolute Gasteiger partial charge is 0.350 e. The smallest absolute Gasteiger partial charge is 0.237 e. The van der Waals surface area contributed by atoms with Crippen molar-refractivity contribution < 1.29 is 4.79 Å². The molecule has 20 heavy (non-hydrogen) atoms. The lowest BCUT2D eigenvalue weighted by Gasteiger charge is -2.28. The van der Waals surface area contributed by atoms with Crippen LogP contribution < -0.4 is 11.1 Å². The summed E-state index contributed by atoms with van der Waals surface area (Å²) < 4.78 is 0. The SMILES string of the molecule is CCCC(N)C(=O)NC(C)(C)CCc1ccccc1.Cl. The average molecular weight is 299 g/mol. The minimum atomic E-state index is -0.388. The molecule has 1 amide bonds. The second kappa shape index (κ2) is 8.98. The van der Waals surface area contributed by atoms with Crippen LogP contribution in [0.5, 0.6) is 0 Å². The fourth-order valence-corrected chi connectivity index (χ4v) is 2.03. The summed E-state index contributed by atoms with van der Waals surface area (Å²) in [6, 6.07) is 9.93. The summed E-state index contributed by atoms with van der Waals surface area (Å²) >= 11 is 0. The molecule has 0 spiro atoms. The van der Waals surface area contributed by atoms with Gasteiger partial charge in [-0.1, -0.05) is 43.7 Å². The molecule has 0 aliphatic carbocycles. The second-order valence-corrected chi connectivity index (χ2v) is 5.75. The first kappa shape index (κ1) is 18.9. The third-order valence-electron chi connectivity index (χ3n) is 3.28. The van der Waals surface area contributed by atoms with Crippen LogP contribution in [-0.2, 0) is 11.2 Å². The molecule has 0 fully saturated rings. The van der Waals surface area contributed by atoms with Gasteiger partial charge in [0.25, 0.3) is 0 Å². The van der Waals surface area contributed by atoms with Gasteiger partial charge >= 0.3 is 0 Å². The number of aryl methyl sites for hydroxylation is 1. The molecule has 1 unspecified atom stereocenters. The molecule has 3 nitrogen and oxygen atoms in total. The van der Waals surface area contributed by atoms with E-state index < -0.39 is 0 Å². The highest BCUT2D eigenvalue weighted by Gasteiger charge is 2.23. The number of carbonyl (C=O) groups is 1. The first-order valence-corrected chi connectivity index (χ1v) is 7.06. The van der Waals surface area contributed by atoms with E-state index in [-0.39, 0.29) is 29.9 Å². The molecule has 3 N–H and O–H groups in total. The predicted octanol–water partition coefficient (Wildman–Crippen LogP) is 3.06. The van der Waals surface area contributed by atoms with Crippen LogP contribution in [-0.4, -0.2) is 17.5 Å². The van der Waals surface area contributed by atoms with Crippen LogP contribution in [0.1, 0.15) is 45.6 Å². The van der Waals surface area contributed by atoms with Crippen LogP contribution >= 0.6 is 12.4 Å². The molecule has 0 aromatic heterocycles. The highest BCUT2D eigenvalue weighted by molar-refractivity contribution is 5.85. The van der Waals surface area contributed by atoms with Crippen LogP contribution in [0.4, 0.5) is 0 Å². The predicted molar refractivity (Wildman–Crippen MR) is 87.1 cm³/mol. The van der Waals surface area contributed by atoms with Gasteiger partial charge in [0.05, 0.1) is 6.04 Å². The zero-order valence-electron chi connectivity index (χ0n) is 12.7. The molecule has 0 bridgehead atoms. The molecule has 0 saturated heterocycles. The van der Waals surface area contributed by atoms with Crippen molar-refractivity contribution in [1.29, 1.82) is 0 Å². The van der Waals surface area contributed by atoms with Gasteiger partial charge in [-0.3, -0.25) is 4.79 Å². The molecule has 0 aliphatic rings. The Morgan fingerprint density at radius 2 is 1.90 bits per heavy atom. The highest BCUT2D eigenvalue weighted by Crippen LogP contribution is 2.14. The Morgan fingerprint density at radius 3 is 2.45 bits per heavy atom. The van der Waals surface area contributed by atoms with E-state index in [2.05, 4.69) is 17.4 Å². The van der Waals surface area contributed by atoms with E-state index in [1.807, 2.05) is 39.0 Å². The van der Waals surface area contributed by atoms with Crippen LogP contribution in [0.2, 0.25) is 0 Å². The Kier molecular flexibility index (Phi) is 8.51. The fraction of sp³-hybridized carbons (Fsp3) is 0.562. The van der Waals surface area contributed by atoms with Gasteiger partial charge in [-0.25, -0.2) is 0 Å². The first-order chi connectivity index (χ1) is 8.94. The van der Waals surface area contributed by atoms with Gasteiger partial charge in [0, 0.05) is 5.54 Å². The van der Waals surface area contributed by atoms with Gasteiger partial charge in [0.1, 0.15) is 0 Å². The van der Waals surface area contributed by atoms with E-state index in [4.69, 9.17) is 5.73 Å². The lowest BCUT2D eigenvalue weighted by Crippen LogP contribution is -2.50. The van der Waals surface area contributed by atoms with E-state index >= 15 is 0 Å². The zero-order chi connectivity index (χ0) is 14.3. The number of amides is 1. The summed E-state index contributed by atoms with van der Waals surface area (Å²) in [5.41, 5.74) is 6.90. The Labute approximate surface area is 128 Å². The zero-order valence-corrected chi connectivity index (χ0v) is 13.5. The topological polar surface area (TPSA) is 55.1 Å². The molecule has 4 heteroatoms. The maximum atomic E-state index is 11.9. The minimum Gasteiger partial charge on any atom is -0.350 e. The van der Waals surface area contributed by atoms with Gasteiger partial charge in [0.2, 0.25) is 5.91 Å². The van der Waals surface area contributed by atoms with Crippen LogP contribution in [0.25, 0.3) is 0 Å². The molecule has 1 aromatic carbocycles. The van der Waals surface area contributed by atoms with Gasteiger partial charge in [-0.05, 0) is 38.7 Å². The lowest BCUT2D eigenvalue weighted by atomic mass is 9.94. The molecular weight excluding hydrogens is 272 g/mol. The van der Waals surface area contributed by atoms with Crippen molar-refractivity contribution in [3.8, 4) is 0 Å². The minimum absolute atomic E-state index is 0. The van der Waals surface area contributed by atoms with Crippen molar-refractivity contribution in [1.82, 2.24) is 5.32 Å². The van der Waals surface area contributed by atoms with Crippen molar-refractivity contribution in [2.45, 2.75) is 58.0 Å². The highest BCUT2D eigenvalue weighted by atomic mass is 35.5. The van der Waals surface area contributed by atoms with Crippen molar-refractivity contribution in [3.05, 3.63) is 35.9 Å². The van der Waals surface area contributed by atoms with Crippen LogP contribution in [0.15, 0.2) is 30.3 Å². The average Bonchev–Trinajstić information content (AvgIpc) is 2.37. The Morgan fingerprint density at radius 1 is 1.30 bits per heavy atom. The summed E-state index contributed by atoms with van der Waals surface area (Å²) in [4.78, 5) is 11.9. The number of nitrogens with two attached hydrogens (primary N) is 1. The van der Waals surface area contributed by atoms with Gasteiger partial charge in [0.15, 0.2) is 0 Å². The molecule has 0 saturated carbocycles. The number of nitrogens with one attached hydrogen (secondary N) is 1. The van der Waals surface area contributed by atoms with Gasteiger partial charge < -0.3 is 11.1 Å². The number of rotatable bonds is 7. The summed E-state index contributed by atoms with van der Waals surface area (Å²) in [5, 5.41) is 3.05. The third kappa shape index (κ3) is 6.92. The summed E-state index contributed by atoms with van der Waals surface area (Å²) in [7, 11) is 0. The standard InChI is InChI=1S/C16H26N2O.ClH/c1-4-8-14(17)15(19)18-16(2,3)12-11-13-9-6-5-7-10-13;/h5-7,9-10,14H,4,8,11-12,17H2,1-3H3,(H,18,19);1H. The van der Waals surface area contributed by atoms with Crippen LogP contribution in [0.3, 0.4) is 0 Å². The van der Waals surface area contributed by atoms with Crippen molar-refractivity contribution in [3.63, 3.8) is 0 Å². The third-order valence-corrected chi connectivity index (χ3v) is 3.28. The number of hydrogen-bond donors (Lipinski definition) is 2. The maximum absolute atomic E-state index is 11.9. The molecule has 0 radical (unpaired) electrons. The number of carbonyl (C=O) groups excluding carboxylic acids is 1. The Bertz CT molecular complexity index is 393. The molecule has 114 valence electrons. The van der Waals surface area contributed by atoms with E-state index in [1.165, 1.54) is 5.56 Å². The van der Waals surface area contributed by atoms with Crippen LogP contribution in [0, 0.1) is 0 Å². The van der Waals surface area contributed by atoms with Crippen molar-refractivity contribution in [2.24, 2.45) is 5.73 Å². The number of benzene rings is 1. The lowest BCUT2D eigenvalue weighted by molar-refractivity contribution is -0.124. The second-order valence-electron chi connectivity index (χ2n) is 5.75. The maximum Gasteiger partial charge on any atom is 0.237 e. The molecule has 0 aliphatic heterocycles. The van der Waals surface area contributed by atoms with E-state index in [0.29, 0.717) is 0 Å². The van der Waals surface area contributed by atoms with E-state index in [9.17, 15) is 4.79 Å². The van der Waals surface area contributed by atoms with E-state index in [1.54, 1.807) is 0 Å². The summed E-state index contributed by atoms with van der Waals surface area (Å²) in [5.74, 6) is -0.0417. The number of halogens is 1. The van der Waals surface area contributed by atoms with Gasteiger partial charge in [-0.2, -0.15) is 0 Å². The van der Waals surface area contributed by atoms with Gasteiger partial charge in [-0.15, -0.1) is 12.4 Å². The Hall–Kier alpha value is -1.06. The normalized spacial score (nSPS) is 12.4. The molecule has 1 rings (SSSR count). The quantitative estimate of drug-likeness (QED) is 0.813. The molecule has 0 heterocycles. The molecule has 1 atom stereocenters.